The van der Waals surface area contributed by atoms with Crippen molar-refractivity contribution < 1.29 is 9.84 Å². The molecule has 102 valence electrons. The molecule has 0 amide bonds. The van der Waals surface area contributed by atoms with Crippen LogP contribution >= 0.6 is 15.9 Å². The third kappa shape index (κ3) is 3.36. The van der Waals surface area contributed by atoms with Crippen LogP contribution in [0.2, 0.25) is 0 Å². The van der Waals surface area contributed by atoms with E-state index in [2.05, 4.69) is 21.0 Å². The highest BCUT2D eigenvalue weighted by Gasteiger charge is 2.09. The Balaban J connectivity index is 2.19. The second kappa shape index (κ2) is 6.21. The zero-order chi connectivity index (χ0) is 13.8. The lowest BCUT2D eigenvalue weighted by molar-refractivity contribution is 0.173. The molecule has 0 bridgehead atoms. The van der Waals surface area contributed by atoms with Crippen molar-refractivity contribution in [2.45, 2.75) is 26.0 Å². The van der Waals surface area contributed by atoms with Crippen molar-refractivity contribution >= 4 is 15.9 Å². The van der Waals surface area contributed by atoms with Crippen molar-refractivity contribution in [3.05, 3.63) is 46.2 Å². The summed E-state index contributed by atoms with van der Waals surface area (Å²) in [4.78, 5) is 0. The van der Waals surface area contributed by atoms with Gasteiger partial charge in [-0.2, -0.15) is 5.10 Å². The molecule has 1 aromatic heterocycles. The normalized spacial score (nSPS) is 12.4. The van der Waals surface area contributed by atoms with Crippen molar-refractivity contribution in [1.29, 1.82) is 0 Å². The van der Waals surface area contributed by atoms with Gasteiger partial charge in [-0.3, -0.25) is 4.68 Å². The number of rotatable bonds is 5. The number of halogens is 1. The molecule has 0 aliphatic carbocycles. The summed E-state index contributed by atoms with van der Waals surface area (Å²) < 4.78 is 8.05. The Morgan fingerprint density at radius 2 is 2.26 bits per heavy atom. The van der Waals surface area contributed by atoms with E-state index in [1.807, 2.05) is 36.0 Å². The van der Waals surface area contributed by atoms with Crippen LogP contribution in [0.1, 0.15) is 30.6 Å². The number of hydrogen-bond acceptors (Lipinski definition) is 3. The molecule has 0 aliphatic rings. The SMILES string of the molecule is CCC(O)c1cnn(Cc2cc(OC)ccc2Br)c1. The average Bonchev–Trinajstić information content (AvgIpc) is 2.89. The minimum Gasteiger partial charge on any atom is -0.497 e. The summed E-state index contributed by atoms with van der Waals surface area (Å²) in [7, 11) is 1.65. The van der Waals surface area contributed by atoms with E-state index in [0.717, 1.165) is 21.3 Å². The summed E-state index contributed by atoms with van der Waals surface area (Å²) in [5.41, 5.74) is 1.93. The van der Waals surface area contributed by atoms with Gasteiger partial charge in [-0.15, -0.1) is 0 Å². The molecule has 5 heteroatoms. The van der Waals surface area contributed by atoms with Crippen LogP contribution in [0.4, 0.5) is 0 Å². The third-order valence-electron chi connectivity index (χ3n) is 3.01. The maximum atomic E-state index is 9.76. The summed E-state index contributed by atoms with van der Waals surface area (Å²) in [5, 5.41) is 14.0. The number of ether oxygens (including phenoxy) is 1. The summed E-state index contributed by atoms with van der Waals surface area (Å²) in [6.45, 7) is 2.58. The number of hydrogen-bond donors (Lipinski definition) is 1. The van der Waals surface area contributed by atoms with E-state index in [0.29, 0.717) is 13.0 Å². The van der Waals surface area contributed by atoms with E-state index in [4.69, 9.17) is 4.74 Å². The van der Waals surface area contributed by atoms with E-state index in [9.17, 15) is 5.11 Å². The summed E-state index contributed by atoms with van der Waals surface area (Å²) in [6.07, 6.45) is 3.83. The fraction of sp³-hybridized carbons (Fsp3) is 0.357. The molecule has 1 heterocycles. The van der Waals surface area contributed by atoms with Gasteiger partial charge >= 0.3 is 0 Å². The van der Waals surface area contributed by atoms with E-state index < -0.39 is 6.10 Å². The van der Waals surface area contributed by atoms with Gasteiger partial charge in [0.15, 0.2) is 0 Å². The van der Waals surface area contributed by atoms with Crippen LogP contribution in [0.3, 0.4) is 0 Å². The third-order valence-corrected chi connectivity index (χ3v) is 3.78. The number of aliphatic hydroxyl groups is 1. The molecule has 2 rings (SSSR count). The highest BCUT2D eigenvalue weighted by molar-refractivity contribution is 9.10. The molecule has 0 fully saturated rings. The van der Waals surface area contributed by atoms with Gasteiger partial charge in [0.1, 0.15) is 5.75 Å². The number of aromatic nitrogens is 2. The van der Waals surface area contributed by atoms with Gasteiger partial charge in [0, 0.05) is 16.2 Å². The maximum absolute atomic E-state index is 9.76. The van der Waals surface area contributed by atoms with Crippen LogP contribution < -0.4 is 4.74 Å². The molecule has 1 aromatic carbocycles. The fourth-order valence-electron chi connectivity index (χ4n) is 1.85. The van der Waals surface area contributed by atoms with Crippen LogP contribution in [0.25, 0.3) is 0 Å². The van der Waals surface area contributed by atoms with Crippen LogP contribution in [-0.2, 0) is 6.54 Å². The van der Waals surface area contributed by atoms with Crippen molar-refractivity contribution in [2.75, 3.05) is 7.11 Å². The van der Waals surface area contributed by atoms with Crippen molar-refractivity contribution in [1.82, 2.24) is 9.78 Å². The number of nitrogens with zero attached hydrogens (tertiary/aromatic N) is 2. The Hall–Kier alpha value is -1.33. The van der Waals surface area contributed by atoms with Crippen LogP contribution in [0.15, 0.2) is 35.1 Å². The largest absolute Gasteiger partial charge is 0.497 e. The maximum Gasteiger partial charge on any atom is 0.119 e. The Morgan fingerprint density at radius 3 is 2.95 bits per heavy atom. The van der Waals surface area contributed by atoms with Gasteiger partial charge in [-0.05, 0) is 30.2 Å². The fourth-order valence-corrected chi connectivity index (χ4v) is 2.22. The molecule has 1 unspecified atom stereocenters. The molecule has 0 saturated carbocycles. The van der Waals surface area contributed by atoms with Crippen molar-refractivity contribution in [2.24, 2.45) is 0 Å². The van der Waals surface area contributed by atoms with E-state index >= 15 is 0 Å². The van der Waals surface area contributed by atoms with E-state index in [1.165, 1.54) is 0 Å². The average molecular weight is 325 g/mol. The van der Waals surface area contributed by atoms with Gasteiger partial charge in [-0.25, -0.2) is 0 Å². The quantitative estimate of drug-likeness (QED) is 0.919. The molecule has 2 aromatic rings. The van der Waals surface area contributed by atoms with Crippen LogP contribution in [0.5, 0.6) is 5.75 Å². The highest BCUT2D eigenvalue weighted by atomic mass is 79.9. The van der Waals surface area contributed by atoms with Crippen LogP contribution in [0, 0.1) is 0 Å². The lowest BCUT2D eigenvalue weighted by Gasteiger charge is -2.08. The van der Waals surface area contributed by atoms with Crippen LogP contribution in [-0.4, -0.2) is 22.0 Å². The first-order valence-electron chi connectivity index (χ1n) is 6.17. The molecular formula is C14H17BrN2O2. The predicted octanol–water partition coefficient (Wildman–Crippen LogP) is 3.15. The monoisotopic (exact) mass is 324 g/mol. The zero-order valence-electron chi connectivity index (χ0n) is 11.0. The Labute approximate surface area is 121 Å². The summed E-state index contributed by atoms with van der Waals surface area (Å²) in [5.74, 6) is 0.819. The first-order valence-corrected chi connectivity index (χ1v) is 6.96. The molecule has 1 N–H and O–H groups in total. The summed E-state index contributed by atoms with van der Waals surface area (Å²) >= 11 is 3.52. The van der Waals surface area contributed by atoms with Gasteiger partial charge in [0.05, 0.1) is 26.0 Å². The van der Waals surface area contributed by atoms with Crippen molar-refractivity contribution in [3.63, 3.8) is 0 Å². The Morgan fingerprint density at radius 1 is 1.47 bits per heavy atom. The molecule has 4 nitrogen and oxygen atoms in total. The minimum atomic E-state index is -0.442. The smallest absolute Gasteiger partial charge is 0.119 e. The lowest BCUT2D eigenvalue weighted by Crippen LogP contribution is -2.01. The van der Waals surface area contributed by atoms with Gasteiger partial charge in [-0.1, -0.05) is 22.9 Å². The Kier molecular flexibility index (Phi) is 4.61. The molecule has 0 radical (unpaired) electrons. The Bertz CT molecular complexity index is 554. The second-order valence-corrected chi connectivity index (χ2v) is 5.21. The van der Waals surface area contributed by atoms with Crippen molar-refractivity contribution in [3.8, 4) is 5.75 Å². The molecule has 0 saturated heterocycles. The van der Waals surface area contributed by atoms with Gasteiger partial charge < -0.3 is 9.84 Å². The summed E-state index contributed by atoms with van der Waals surface area (Å²) in [6, 6.07) is 5.84. The van der Waals surface area contributed by atoms with E-state index in [1.54, 1.807) is 13.3 Å². The van der Waals surface area contributed by atoms with E-state index in [-0.39, 0.29) is 0 Å². The van der Waals surface area contributed by atoms with Gasteiger partial charge in [0.2, 0.25) is 0 Å². The highest BCUT2D eigenvalue weighted by Crippen LogP contribution is 2.23. The predicted molar refractivity (Wildman–Crippen MR) is 77.3 cm³/mol. The number of methoxy groups -OCH3 is 1. The first-order chi connectivity index (χ1) is 9.13. The minimum absolute atomic E-state index is 0.442. The molecular weight excluding hydrogens is 308 g/mol. The number of benzene rings is 1. The molecule has 19 heavy (non-hydrogen) atoms. The molecule has 0 aliphatic heterocycles. The molecule has 0 spiro atoms. The molecule has 1 atom stereocenters. The lowest BCUT2D eigenvalue weighted by atomic mass is 10.1. The standard InChI is InChI=1S/C14H17BrN2O2/c1-3-14(18)11-7-16-17(9-11)8-10-6-12(19-2)4-5-13(10)15/h4-7,9,14,18H,3,8H2,1-2H3. The number of aliphatic hydroxyl groups excluding tert-OH is 1. The van der Waals surface area contributed by atoms with Gasteiger partial charge in [0.25, 0.3) is 0 Å². The zero-order valence-corrected chi connectivity index (χ0v) is 12.6. The first kappa shape index (κ1) is 14.1. The topological polar surface area (TPSA) is 47.3 Å². The second-order valence-electron chi connectivity index (χ2n) is 4.35.